The third-order valence-electron chi connectivity index (χ3n) is 2.94. The summed E-state index contributed by atoms with van der Waals surface area (Å²) in [4.78, 5) is 11.9. The lowest BCUT2D eigenvalue weighted by molar-refractivity contribution is -0.128. The van der Waals surface area contributed by atoms with E-state index in [0.717, 1.165) is 0 Å². The van der Waals surface area contributed by atoms with Crippen molar-refractivity contribution in [3.8, 4) is 17.2 Å². The number of esters is 1. The highest BCUT2D eigenvalue weighted by Gasteiger charge is 2.07. The molecule has 23 heavy (non-hydrogen) atoms. The van der Waals surface area contributed by atoms with Gasteiger partial charge >= 0.3 is 5.97 Å². The highest BCUT2D eigenvalue weighted by molar-refractivity contribution is 9.10. The Labute approximate surface area is 147 Å². The van der Waals surface area contributed by atoms with Crippen molar-refractivity contribution in [2.24, 2.45) is 0 Å². The topological polar surface area (TPSA) is 44.8 Å². The maximum Gasteiger partial charge on any atom is 0.336 e. The molecule has 0 unspecified atom stereocenters. The summed E-state index contributed by atoms with van der Waals surface area (Å²) in [5.41, 5.74) is 0.707. The van der Waals surface area contributed by atoms with E-state index in [4.69, 9.17) is 25.8 Å². The Kier molecular flexibility index (Phi) is 6.07. The fourth-order valence-corrected chi connectivity index (χ4v) is 2.59. The average molecular weight is 398 g/mol. The summed E-state index contributed by atoms with van der Waals surface area (Å²) in [5.74, 6) is 1.17. The molecule has 120 valence electrons. The maximum absolute atomic E-state index is 11.9. The second kappa shape index (κ2) is 8.04. The van der Waals surface area contributed by atoms with Gasteiger partial charge in [0, 0.05) is 16.7 Å². The standard InChI is InChI=1S/C17H14BrClO4/c1-21-13-5-7-15(22-2)11(9-13)3-8-17(20)23-16-6-4-12(19)10-14(16)18/h3-10H,1-2H3. The van der Waals surface area contributed by atoms with E-state index < -0.39 is 5.97 Å². The normalized spacial score (nSPS) is 10.6. The van der Waals surface area contributed by atoms with Crippen LogP contribution in [0.5, 0.6) is 17.2 Å². The first-order valence-corrected chi connectivity index (χ1v) is 7.77. The molecule has 6 heteroatoms. The summed E-state index contributed by atoms with van der Waals surface area (Å²) in [6, 6.07) is 10.2. The molecule has 0 fully saturated rings. The maximum atomic E-state index is 11.9. The highest BCUT2D eigenvalue weighted by Crippen LogP contribution is 2.28. The zero-order valence-corrected chi connectivity index (χ0v) is 14.8. The lowest BCUT2D eigenvalue weighted by atomic mass is 10.1. The van der Waals surface area contributed by atoms with Gasteiger partial charge in [0.15, 0.2) is 0 Å². The number of benzene rings is 2. The molecule has 0 atom stereocenters. The number of rotatable bonds is 5. The van der Waals surface area contributed by atoms with Crippen LogP contribution in [0.25, 0.3) is 6.08 Å². The number of halogens is 2. The van der Waals surface area contributed by atoms with Gasteiger partial charge in [-0.05, 0) is 58.4 Å². The van der Waals surface area contributed by atoms with E-state index in [2.05, 4.69) is 15.9 Å². The Morgan fingerprint density at radius 2 is 1.83 bits per heavy atom. The van der Waals surface area contributed by atoms with Gasteiger partial charge in [-0.15, -0.1) is 0 Å². The third kappa shape index (κ3) is 4.74. The van der Waals surface area contributed by atoms with Gasteiger partial charge in [-0.2, -0.15) is 0 Å². The molecule has 0 aliphatic heterocycles. The molecule has 2 rings (SSSR count). The molecule has 0 aliphatic rings. The van der Waals surface area contributed by atoms with Crippen LogP contribution >= 0.6 is 27.5 Å². The van der Waals surface area contributed by atoms with E-state index in [1.165, 1.54) is 6.08 Å². The Hall–Kier alpha value is -1.98. The zero-order valence-electron chi connectivity index (χ0n) is 12.5. The summed E-state index contributed by atoms with van der Waals surface area (Å²) < 4.78 is 16.3. The van der Waals surface area contributed by atoms with Crippen LogP contribution in [0.3, 0.4) is 0 Å². The van der Waals surface area contributed by atoms with Crippen molar-refractivity contribution >= 4 is 39.6 Å². The molecule has 2 aromatic carbocycles. The van der Waals surface area contributed by atoms with Crippen LogP contribution in [0.1, 0.15) is 5.56 Å². The summed E-state index contributed by atoms with van der Waals surface area (Å²) in [6.07, 6.45) is 2.92. The van der Waals surface area contributed by atoms with Crippen LogP contribution in [0.2, 0.25) is 5.02 Å². The molecule has 0 saturated carbocycles. The van der Waals surface area contributed by atoms with Gasteiger partial charge in [0.2, 0.25) is 0 Å². The minimum atomic E-state index is -0.516. The molecular formula is C17H14BrClO4. The van der Waals surface area contributed by atoms with Gasteiger partial charge < -0.3 is 14.2 Å². The molecule has 0 N–H and O–H groups in total. The molecule has 2 aromatic rings. The predicted molar refractivity (Wildman–Crippen MR) is 93.4 cm³/mol. The largest absolute Gasteiger partial charge is 0.497 e. The van der Waals surface area contributed by atoms with Gasteiger partial charge in [-0.1, -0.05) is 11.6 Å². The Morgan fingerprint density at radius 3 is 2.48 bits per heavy atom. The molecule has 4 nitrogen and oxygen atoms in total. The van der Waals surface area contributed by atoms with Crippen molar-refractivity contribution in [2.75, 3.05) is 14.2 Å². The molecular weight excluding hydrogens is 384 g/mol. The van der Waals surface area contributed by atoms with Gasteiger partial charge in [0.05, 0.1) is 18.7 Å². The SMILES string of the molecule is COc1ccc(OC)c(C=CC(=O)Oc2ccc(Cl)cc2Br)c1. The first-order valence-electron chi connectivity index (χ1n) is 6.60. The van der Waals surface area contributed by atoms with Crippen molar-refractivity contribution in [2.45, 2.75) is 0 Å². The number of ether oxygens (including phenoxy) is 3. The number of methoxy groups -OCH3 is 2. The summed E-state index contributed by atoms with van der Waals surface area (Å²) >= 11 is 9.14. The number of hydrogen-bond acceptors (Lipinski definition) is 4. The minimum Gasteiger partial charge on any atom is -0.497 e. The second-order valence-electron chi connectivity index (χ2n) is 4.44. The van der Waals surface area contributed by atoms with Gasteiger partial charge in [-0.25, -0.2) is 4.79 Å². The fourth-order valence-electron chi connectivity index (χ4n) is 1.83. The van der Waals surface area contributed by atoms with Crippen molar-refractivity contribution < 1.29 is 19.0 Å². The second-order valence-corrected chi connectivity index (χ2v) is 5.73. The molecule has 0 spiro atoms. The third-order valence-corrected chi connectivity index (χ3v) is 3.80. The highest BCUT2D eigenvalue weighted by atomic mass is 79.9. The molecule has 0 saturated heterocycles. The van der Waals surface area contributed by atoms with Crippen LogP contribution < -0.4 is 14.2 Å². The molecule has 0 bridgehead atoms. The lowest BCUT2D eigenvalue weighted by Crippen LogP contribution is -2.04. The average Bonchev–Trinajstić information content (AvgIpc) is 2.55. The Morgan fingerprint density at radius 1 is 1.09 bits per heavy atom. The van der Waals surface area contributed by atoms with Crippen molar-refractivity contribution in [3.05, 3.63) is 57.5 Å². The molecule has 0 heterocycles. The van der Waals surface area contributed by atoms with E-state index in [1.54, 1.807) is 56.7 Å². The van der Waals surface area contributed by atoms with Crippen molar-refractivity contribution in [1.29, 1.82) is 0 Å². The number of carbonyl (C=O) groups excluding carboxylic acids is 1. The predicted octanol–water partition coefficient (Wildman–Crippen LogP) is 4.74. The van der Waals surface area contributed by atoms with E-state index in [1.807, 2.05) is 0 Å². The van der Waals surface area contributed by atoms with E-state index in [-0.39, 0.29) is 0 Å². The monoisotopic (exact) mass is 396 g/mol. The van der Waals surface area contributed by atoms with Crippen molar-refractivity contribution in [3.63, 3.8) is 0 Å². The van der Waals surface area contributed by atoms with Gasteiger partial charge in [-0.3, -0.25) is 0 Å². The van der Waals surface area contributed by atoms with Crippen LogP contribution in [-0.2, 0) is 4.79 Å². The van der Waals surface area contributed by atoms with Crippen molar-refractivity contribution in [1.82, 2.24) is 0 Å². The number of carbonyl (C=O) groups is 1. The van der Waals surface area contributed by atoms with E-state index in [9.17, 15) is 4.79 Å². The van der Waals surface area contributed by atoms with E-state index >= 15 is 0 Å². The smallest absolute Gasteiger partial charge is 0.336 e. The summed E-state index contributed by atoms with van der Waals surface area (Å²) in [6.45, 7) is 0. The van der Waals surface area contributed by atoms with Crippen LogP contribution in [0, 0.1) is 0 Å². The zero-order chi connectivity index (χ0) is 16.8. The lowest BCUT2D eigenvalue weighted by Gasteiger charge is -2.07. The van der Waals surface area contributed by atoms with Crippen LogP contribution in [-0.4, -0.2) is 20.2 Å². The first kappa shape index (κ1) is 17.4. The summed E-state index contributed by atoms with van der Waals surface area (Å²) in [7, 11) is 3.13. The quantitative estimate of drug-likeness (QED) is 0.415. The first-order chi connectivity index (χ1) is 11.0. The molecule has 0 aliphatic carbocycles. The summed E-state index contributed by atoms with van der Waals surface area (Å²) in [5, 5.41) is 0.549. The van der Waals surface area contributed by atoms with Gasteiger partial charge in [0.25, 0.3) is 0 Å². The molecule has 0 amide bonds. The minimum absolute atomic E-state index is 0.390. The molecule has 0 aromatic heterocycles. The van der Waals surface area contributed by atoms with E-state index in [0.29, 0.717) is 32.3 Å². The Balaban J connectivity index is 2.14. The van der Waals surface area contributed by atoms with Gasteiger partial charge in [0.1, 0.15) is 17.2 Å². The van der Waals surface area contributed by atoms with Crippen LogP contribution in [0.4, 0.5) is 0 Å². The fraction of sp³-hybridized carbons (Fsp3) is 0.118. The van der Waals surface area contributed by atoms with Crippen LogP contribution in [0.15, 0.2) is 46.9 Å². The molecule has 0 radical (unpaired) electrons. The number of hydrogen-bond donors (Lipinski definition) is 0. The Bertz CT molecular complexity index is 743.